The summed E-state index contributed by atoms with van der Waals surface area (Å²) in [6, 6.07) is 6.80. The number of aromatic nitrogens is 2. The molecule has 19 heavy (non-hydrogen) atoms. The number of rotatable bonds is 3. The average molecular weight is 321 g/mol. The SMILES string of the molecule is CC(C)c1nccc(-c2cc(Br)cc(C(=O)O)c2)n1. The number of carbonyl (C=O) groups is 1. The van der Waals surface area contributed by atoms with Gasteiger partial charge in [-0.2, -0.15) is 0 Å². The summed E-state index contributed by atoms with van der Waals surface area (Å²) in [6.07, 6.45) is 1.69. The first-order chi connectivity index (χ1) is 8.97. The van der Waals surface area contributed by atoms with Gasteiger partial charge in [-0.05, 0) is 24.3 Å². The van der Waals surface area contributed by atoms with Crippen LogP contribution in [0.3, 0.4) is 0 Å². The molecule has 0 amide bonds. The summed E-state index contributed by atoms with van der Waals surface area (Å²) >= 11 is 3.32. The van der Waals surface area contributed by atoms with Gasteiger partial charge < -0.3 is 5.11 Å². The standard InChI is InChI=1S/C14H13BrN2O2/c1-8(2)13-16-4-3-12(17-13)9-5-10(14(18)19)7-11(15)6-9/h3-8H,1-2H3,(H,18,19). The predicted octanol–water partition coefficient (Wildman–Crippen LogP) is 3.73. The van der Waals surface area contributed by atoms with Gasteiger partial charge in [0.1, 0.15) is 5.82 Å². The number of hydrogen-bond acceptors (Lipinski definition) is 3. The van der Waals surface area contributed by atoms with Crippen LogP contribution in [0.1, 0.15) is 35.9 Å². The summed E-state index contributed by atoms with van der Waals surface area (Å²) in [7, 11) is 0. The van der Waals surface area contributed by atoms with Crippen molar-refractivity contribution < 1.29 is 9.90 Å². The number of carboxylic acid groups (broad SMARTS) is 1. The number of halogens is 1. The predicted molar refractivity (Wildman–Crippen MR) is 76.2 cm³/mol. The highest BCUT2D eigenvalue weighted by Crippen LogP contribution is 2.24. The Morgan fingerprint density at radius 3 is 2.68 bits per heavy atom. The molecule has 0 unspecified atom stereocenters. The summed E-state index contributed by atoms with van der Waals surface area (Å²) in [6.45, 7) is 4.03. The molecule has 0 bridgehead atoms. The fourth-order valence-corrected chi connectivity index (χ4v) is 2.17. The van der Waals surface area contributed by atoms with Crippen molar-refractivity contribution >= 4 is 21.9 Å². The minimum atomic E-state index is -0.958. The molecular formula is C14H13BrN2O2. The molecule has 0 saturated carbocycles. The maximum atomic E-state index is 11.1. The zero-order valence-corrected chi connectivity index (χ0v) is 12.2. The first-order valence-corrected chi connectivity index (χ1v) is 6.64. The smallest absolute Gasteiger partial charge is 0.335 e. The van der Waals surface area contributed by atoms with E-state index in [0.29, 0.717) is 4.47 Å². The van der Waals surface area contributed by atoms with Crippen molar-refractivity contribution in [2.24, 2.45) is 0 Å². The van der Waals surface area contributed by atoms with E-state index < -0.39 is 5.97 Å². The van der Waals surface area contributed by atoms with Crippen LogP contribution in [0.4, 0.5) is 0 Å². The van der Waals surface area contributed by atoms with Crippen molar-refractivity contribution in [2.45, 2.75) is 19.8 Å². The van der Waals surface area contributed by atoms with Crippen LogP contribution in [0.5, 0.6) is 0 Å². The Kier molecular flexibility index (Phi) is 3.95. The zero-order valence-electron chi connectivity index (χ0n) is 10.6. The molecule has 0 atom stereocenters. The minimum absolute atomic E-state index is 0.228. The van der Waals surface area contributed by atoms with Gasteiger partial charge in [0, 0.05) is 22.2 Å². The third kappa shape index (κ3) is 3.17. The molecule has 0 spiro atoms. The summed E-state index contributed by atoms with van der Waals surface area (Å²) in [4.78, 5) is 19.7. The molecule has 0 aliphatic heterocycles. The van der Waals surface area contributed by atoms with E-state index in [2.05, 4.69) is 25.9 Å². The van der Waals surface area contributed by atoms with Crippen molar-refractivity contribution in [3.8, 4) is 11.3 Å². The molecule has 2 rings (SSSR count). The fraction of sp³-hybridized carbons (Fsp3) is 0.214. The highest BCUT2D eigenvalue weighted by atomic mass is 79.9. The third-order valence-electron chi connectivity index (χ3n) is 2.63. The topological polar surface area (TPSA) is 63.1 Å². The summed E-state index contributed by atoms with van der Waals surface area (Å²) < 4.78 is 0.715. The van der Waals surface area contributed by atoms with Crippen molar-refractivity contribution in [3.63, 3.8) is 0 Å². The number of carboxylic acids is 1. The molecule has 2 aromatic rings. The Labute approximate surface area is 119 Å². The van der Waals surface area contributed by atoms with Crippen LogP contribution in [0.25, 0.3) is 11.3 Å². The van der Waals surface area contributed by atoms with E-state index in [-0.39, 0.29) is 11.5 Å². The quantitative estimate of drug-likeness (QED) is 0.936. The van der Waals surface area contributed by atoms with Crippen LogP contribution in [0, 0.1) is 0 Å². The Morgan fingerprint density at radius 2 is 2.05 bits per heavy atom. The molecule has 1 aromatic carbocycles. The van der Waals surface area contributed by atoms with E-state index in [4.69, 9.17) is 5.11 Å². The first kappa shape index (κ1) is 13.7. The Bertz CT molecular complexity index is 627. The first-order valence-electron chi connectivity index (χ1n) is 5.84. The van der Waals surface area contributed by atoms with Gasteiger partial charge >= 0.3 is 5.97 Å². The zero-order chi connectivity index (χ0) is 14.0. The second-order valence-corrected chi connectivity index (χ2v) is 5.40. The number of benzene rings is 1. The Hall–Kier alpha value is -1.75. The number of aromatic carboxylic acids is 1. The highest BCUT2D eigenvalue weighted by molar-refractivity contribution is 9.10. The maximum absolute atomic E-state index is 11.1. The second kappa shape index (κ2) is 5.48. The monoisotopic (exact) mass is 320 g/mol. The fourth-order valence-electron chi connectivity index (χ4n) is 1.67. The molecule has 0 fully saturated rings. The van der Waals surface area contributed by atoms with Crippen LogP contribution in [-0.2, 0) is 0 Å². The Morgan fingerprint density at radius 1 is 1.32 bits per heavy atom. The third-order valence-corrected chi connectivity index (χ3v) is 3.09. The lowest BCUT2D eigenvalue weighted by atomic mass is 10.1. The van der Waals surface area contributed by atoms with Gasteiger partial charge in [0.05, 0.1) is 11.3 Å². The normalized spacial score (nSPS) is 10.7. The van der Waals surface area contributed by atoms with Gasteiger partial charge in [0.2, 0.25) is 0 Å². The Balaban J connectivity index is 2.52. The van der Waals surface area contributed by atoms with Gasteiger partial charge in [-0.3, -0.25) is 0 Å². The maximum Gasteiger partial charge on any atom is 0.335 e. The molecule has 1 N–H and O–H groups in total. The molecule has 1 aromatic heterocycles. The van der Waals surface area contributed by atoms with Crippen molar-refractivity contribution in [3.05, 3.63) is 46.3 Å². The number of hydrogen-bond donors (Lipinski definition) is 1. The number of nitrogens with zero attached hydrogens (tertiary/aromatic N) is 2. The van der Waals surface area contributed by atoms with E-state index in [1.807, 2.05) is 19.9 Å². The van der Waals surface area contributed by atoms with E-state index in [1.165, 1.54) is 0 Å². The van der Waals surface area contributed by atoms with Crippen LogP contribution in [0.2, 0.25) is 0 Å². The molecule has 0 saturated heterocycles. The minimum Gasteiger partial charge on any atom is -0.478 e. The van der Waals surface area contributed by atoms with E-state index in [9.17, 15) is 4.79 Å². The van der Waals surface area contributed by atoms with E-state index in [0.717, 1.165) is 17.1 Å². The molecule has 0 aliphatic carbocycles. The molecular weight excluding hydrogens is 308 g/mol. The molecule has 0 radical (unpaired) electrons. The van der Waals surface area contributed by atoms with Crippen LogP contribution in [0.15, 0.2) is 34.9 Å². The van der Waals surface area contributed by atoms with Gasteiger partial charge in [0.15, 0.2) is 0 Å². The van der Waals surface area contributed by atoms with E-state index in [1.54, 1.807) is 24.4 Å². The summed E-state index contributed by atoms with van der Waals surface area (Å²) in [5.41, 5.74) is 1.72. The molecule has 1 heterocycles. The summed E-state index contributed by atoms with van der Waals surface area (Å²) in [5.74, 6) is 0.0149. The van der Waals surface area contributed by atoms with Gasteiger partial charge in [-0.1, -0.05) is 29.8 Å². The molecule has 5 heteroatoms. The van der Waals surface area contributed by atoms with Crippen LogP contribution >= 0.6 is 15.9 Å². The van der Waals surface area contributed by atoms with E-state index >= 15 is 0 Å². The van der Waals surface area contributed by atoms with Gasteiger partial charge in [-0.15, -0.1) is 0 Å². The molecule has 98 valence electrons. The van der Waals surface area contributed by atoms with Crippen molar-refractivity contribution in [1.29, 1.82) is 0 Å². The van der Waals surface area contributed by atoms with Crippen molar-refractivity contribution in [2.75, 3.05) is 0 Å². The largest absolute Gasteiger partial charge is 0.478 e. The second-order valence-electron chi connectivity index (χ2n) is 4.49. The van der Waals surface area contributed by atoms with Crippen LogP contribution < -0.4 is 0 Å². The van der Waals surface area contributed by atoms with Crippen molar-refractivity contribution in [1.82, 2.24) is 9.97 Å². The lowest BCUT2D eigenvalue weighted by molar-refractivity contribution is 0.0697. The highest BCUT2D eigenvalue weighted by Gasteiger charge is 2.10. The lowest BCUT2D eigenvalue weighted by Crippen LogP contribution is -2.00. The molecule has 0 aliphatic rings. The van der Waals surface area contributed by atoms with Crippen LogP contribution in [-0.4, -0.2) is 21.0 Å². The summed E-state index contributed by atoms with van der Waals surface area (Å²) in [5, 5.41) is 9.07. The van der Waals surface area contributed by atoms with Gasteiger partial charge in [-0.25, -0.2) is 14.8 Å². The average Bonchev–Trinajstić information content (AvgIpc) is 2.38. The molecule has 4 nitrogen and oxygen atoms in total. The van der Waals surface area contributed by atoms with Gasteiger partial charge in [0.25, 0.3) is 0 Å². The lowest BCUT2D eigenvalue weighted by Gasteiger charge is -2.07.